The predicted octanol–water partition coefficient (Wildman–Crippen LogP) is 5.37. The van der Waals surface area contributed by atoms with Crippen LogP contribution in [0.5, 0.6) is 11.5 Å². The molecule has 0 aliphatic carbocycles. The Morgan fingerprint density at radius 3 is 2.23 bits per heavy atom. The molecule has 30 heavy (non-hydrogen) atoms. The van der Waals surface area contributed by atoms with Crippen molar-refractivity contribution in [3.8, 4) is 22.8 Å². The summed E-state index contributed by atoms with van der Waals surface area (Å²) in [5.41, 5.74) is 4.89. The molecule has 1 heterocycles. The van der Waals surface area contributed by atoms with Gasteiger partial charge in [0.2, 0.25) is 0 Å². The third-order valence-electron chi connectivity index (χ3n) is 4.04. The van der Waals surface area contributed by atoms with Crippen LogP contribution >= 0.6 is 0 Å². The van der Waals surface area contributed by atoms with E-state index >= 15 is 0 Å². The number of hydrogen-bond donors (Lipinski definition) is 1. The molecule has 0 fully saturated rings. The molecule has 0 bridgehead atoms. The van der Waals surface area contributed by atoms with Gasteiger partial charge in [-0.25, -0.2) is 0 Å². The van der Waals surface area contributed by atoms with Crippen molar-refractivity contribution in [2.45, 2.75) is 27.7 Å². The quantitative estimate of drug-likeness (QED) is 0.254. The zero-order valence-electron chi connectivity index (χ0n) is 18.0. The van der Waals surface area contributed by atoms with E-state index in [-0.39, 0.29) is 31.6 Å². The van der Waals surface area contributed by atoms with E-state index in [1.54, 1.807) is 14.2 Å². The summed E-state index contributed by atoms with van der Waals surface area (Å²) in [7, 11) is 3.32. The number of aryl methyl sites for hydroxylation is 2. The van der Waals surface area contributed by atoms with E-state index in [4.69, 9.17) is 19.6 Å². The summed E-state index contributed by atoms with van der Waals surface area (Å²) in [6.45, 7) is 6.95. The smallest absolute Gasteiger partial charge is 0.155 e. The summed E-state index contributed by atoms with van der Waals surface area (Å²) in [6, 6.07) is 15.3. The molecule has 161 valence electrons. The van der Waals surface area contributed by atoms with E-state index in [2.05, 4.69) is 25.1 Å². The maximum atomic E-state index is 10.0. The third-order valence-corrected chi connectivity index (χ3v) is 4.04. The third kappa shape index (κ3) is 6.68. The van der Waals surface area contributed by atoms with E-state index in [0.717, 1.165) is 39.2 Å². The second-order valence-corrected chi connectivity index (χ2v) is 6.72. The maximum Gasteiger partial charge on any atom is 0.155 e. The van der Waals surface area contributed by atoms with Crippen LogP contribution in [0.3, 0.4) is 0 Å². The molecule has 3 aromatic rings. The van der Waals surface area contributed by atoms with Gasteiger partial charge in [-0.15, -0.1) is 34.9 Å². The van der Waals surface area contributed by atoms with Crippen LogP contribution in [0.15, 0.2) is 48.2 Å². The molecule has 0 aliphatic rings. The monoisotopic (exact) mass is 585 g/mol. The Hall–Kier alpha value is -2.69. The van der Waals surface area contributed by atoms with Crippen molar-refractivity contribution in [3.05, 3.63) is 65.4 Å². The molecule has 1 aromatic heterocycles. The number of pyridine rings is 1. The number of ether oxygens (including phenoxy) is 2. The van der Waals surface area contributed by atoms with E-state index < -0.39 is 0 Å². The molecule has 0 atom stereocenters. The number of aliphatic hydroxyl groups excluding tert-OH is 1. The number of fused-ring (bicyclic) bond motifs is 1. The Bertz CT molecular complexity index is 1040. The van der Waals surface area contributed by atoms with Crippen LogP contribution in [0.2, 0.25) is 0 Å². The molecule has 5 nitrogen and oxygen atoms in total. The van der Waals surface area contributed by atoms with Crippen molar-refractivity contribution in [2.75, 3.05) is 14.2 Å². The van der Waals surface area contributed by atoms with Crippen molar-refractivity contribution >= 4 is 16.7 Å². The molecule has 1 radical (unpaired) electrons. The van der Waals surface area contributed by atoms with Crippen LogP contribution in [0.25, 0.3) is 22.2 Å². The number of hydrogen-bond acceptors (Lipinski definition) is 5. The number of carbonyl (C=O) groups is 1. The van der Waals surface area contributed by atoms with Gasteiger partial charge in [0, 0.05) is 37.3 Å². The fourth-order valence-corrected chi connectivity index (χ4v) is 2.99. The van der Waals surface area contributed by atoms with Gasteiger partial charge in [0.15, 0.2) is 5.78 Å². The molecule has 0 spiro atoms. The molecular weight excluding hydrogens is 558 g/mol. The fraction of sp³-hybridized carbons (Fsp3) is 0.250. The topological polar surface area (TPSA) is 68.7 Å². The minimum Gasteiger partial charge on any atom is -0.512 e. The van der Waals surface area contributed by atoms with Gasteiger partial charge in [0.1, 0.15) is 11.5 Å². The van der Waals surface area contributed by atoms with Gasteiger partial charge in [0.05, 0.1) is 25.5 Å². The zero-order chi connectivity index (χ0) is 21.6. The summed E-state index contributed by atoms with van der Waals surface area (Å²) in [4.78, 5) is 14.8. The number of allylic oxidation sites excluding steroid dienone is 2. The number of carbonyl (C=O) groups excluding carboxylic acids is 1. The van der Waals surface area contributed by atoms with Gasteiger partial charge >= 0.3 is 0 Å². The summed E-state index contributed by atoms with van der Waals surface area (Å²) < 4.78 is 11.0. The molecule has 3 rings (SSSR count). The van der Waals surface area contributed by atoms with Crippen LogP contribution in [-0.2, 0) is 24.9 Å². The standard InChI is InChI=1S/C19H18NO2.C5H8O2.Ir/c1-12-8-13(2)10-14(9-12)19-18(22-4)11-15-16(20-19)6-5-7-17(15)21-3;1-4(6)3-5(2)7;/h5-9,11H,1-4H3;3,6H,1-2H3;/q-1;;/b;4-3-;. The first-order chi connectivity index (χ1) is 13.7. The minimum absolute atomic E-state index is 0. The second-order valence-electron chi connectivity index (χ2n) is 6.72. The molecule has 6 heteroatoms. The van der Waals surface area contributed by atoms with Crippen molar-refractivity contribution in [3.63, 3.8) is 0 Å². The molecule has 1 N–H and O–H groups in total. The summed E-state index contributed by atoms with van der Waals surface area (Å²) in [6.07, 6.45) is 1.17. The van der Waals surface area contributed by atoms with Crippen LogP contribution in [0, 0.1) is 19.9 Å². The van der Waals surface area contributed by atoms with Gasteiger partial charge in [-0.1, -0.05) is 19.9 Å². The molecule has 0 amide bonds. The Balaban J connectivity index is 0.000000489. The fourth-order valence-electron chi connectivity index (χ4n) is 2.99. The van der Waals surface area contributed by atoms with Gasteiger partial charge in [-0.3, -0.25) is 9.78 Å². The Morgan fingerprint density at radius 2 is 1.73 bits per heavy atom. The SMILES string of the molecule is CC(=O)/C=C(/C)O.COc1cc2c(OC)cccc2nc1-c1[c-]c(C)cc(C)c1.[Ir]. The van der Waals surface area contributed by atoms with Crippen LogP contribution in [0.4, 0.5) is 0 Å². The van der Waals surface area contributed by atoms with E-state index in [1.165, 1.54) is 25.5 Å². The van der Waals surface area contributed by atoms with Crippen molar-refractivity contribution in [1.82, 2.24) is 4.98 Å². The van der Waals surface area contributed by atoms with E-state index in [0.29, 0.717) is 0 Å². The number of benzene rings is 2. The average molecular weight is 585 g/mol. The molecule has 0 unspecified atom stereocenters. The Morgan fingerprint density at radius 1 is 1.07 bits per heavy atom. The van der Waals surface area contributed by atoms with Crippen molar-refractivity contribution < 1.29 is 39.5 Å². The van der Waals surface area contributed by atoms with Gasteiger partial charge in [-0.2, -0.15) is 0 Å². The molecule has 0 saturated heterocycles. The normalized spacial score (nSPS) is 10.5. The average Bonchev–Trinajstić information content (AvgIpc) is 2.65. The van der Waals surface area contributed by atoms with Crippen LogP contribution in [0.1, 0.15) is 25.0 Å². The van der Waals surface area contributed by atoms with E-state index in [1.807, 2.05) is 31.2 Å². The molecular formula is C24H26IrNO4-. The first-order valence-electron chi connectivity index (χ1n) is 9.15. The molecule has 0 saturated carbocycles. The molecule has 2 aromatic carbocycles. The van der Waals surface area contributed by atoms with Crippen LogP contribution < -0.4 is 9.47 Å². The Labute approximate surface area is 191 Å². The van der Waals surface area contributed by atoms with Crippen LogP contribution in [-0.4, -0.2) is 30.1 Å². The number of aromatic nitrogens is 1. The number of nitrogens with zero attached hydrogens (tertiary/aromatic N) is 1. The summed E-state index contributed by atoms with van der Waals surface area (Å²) in [5.74, 6) is 1.45. The molecule has 0 aliphatic heterocycles. The largest absolute Gasteiger partial charge is 0.512 e. The zero-order valence-corrected chi connectivity index (χ0v) is 20.4. The summed E-state index contributed by atoms with van der Waals surface area (Å²) >= 11 is 0. The number of ketones is 1. The number of rotatable bonds is 4. The maximum absolute atomic E-state index is 10.0. The predicted molar refractivity (Wildman–Crippen MR) is 116 cm³/mol. The van der Waals surface area contributed by atoms with Gasteiger partial charge < -0.3 is 14.6 Å². The van der Waals surface area contributed by atoms with Gasteiger partial charge in [0.25, 0.3) is 0 Å². The number of aliphatic hydroxyl groups is 1. The Kier molecular flexibility index (Phi) is 9.70. The van der Waals surface area contributed by atoms with E-state index in [9.17, 15) is 4.79 Å². The van der Waals surface area contributed by atoms with Gasteiger partial charge in [-0.05, 0) is 32.0 Å². The minimum atomic E-state index is -0.125. The summed E-state index contributed by atoms with van der Waals surface area (Å²) in [5, 5.41) is 9.30. The first kappa shape index (κ1) is 25.3. The number of methoxy groups -OCH3 is 2. The second kappa shape index (κ2) is 11.5. The van der Waals surface area contributed by atoms with Crippen molar-refractivity contribution in [2.24, 2.45) is 0 Å². The van der Waals surface area contributed by atoms with Crippen molar-refractivity contribution in [1.29, 1.82) is 0 Å². The first-order valence-corrected chi connectivity index (χ1v) is 9.15.